The summed E-state index contributed by atoms with van der Waals surface area (Å²) in [5.41, 5.74) is 1.17. The van der Waals surface area contributed by atoms with Crippen molar-refractivity contribution in [2.75, 3.05) is 5.32 Å². The van der Waals surface area contributed by atoms with Gasteiger partial charge in [-0.05, 0) is 43.2 Å². The van der Waals surface area contributed by atoms with E-state index < -0.39 is 0 Å². The summed E-state index contributed by atoms with van der Waals surface area (Å²) < 4.78 is 0. The van der Waals surface area contributed by atoms with E-state index in [-0.39, 0.29) is 0 Å². The van der Waals surface area contributed by atoms with Crippen molar-refractivity contribution >= 4 is 5.69 Å². The van der Waals surface area contributed by atoms with Gasteiger partial charge in [-0.1, -0.05) is 26.7 Å². The molecule has 1 aliphatic carbocycles. The second-order valence-corrected chi connectivity index (χ2v) is 5.75. The fourth-order valence-electron chi connectivity index (χ4n) is 2.99. The molecule has 0 aliphatic heterocycles. The smallest absolute Gasteiger partial charge is 0.0528 e. The van der Waals surface area contributed by atoms with Gasteiger partial charge in [0.05, 0.1) is 5.69 Å². The summed E-state index contributed by atoms with van der Waals surface area (Å²) in [5, 5.41) is 3.62. The highest BCUT2D eigenvalue weighted by Gasteiger charge is 2.22. The van der Waals surface area contributed by atoms with Crippen LogP contribution >= 0.6 is 0 Å². The molecular weight excluding hydrogens is 208 g/mol. The average molecular weight is 232 g/mol. The lowest BCUT2D eigenvalue weighted by atomic mass is 9.81. The normalized spacial score (nSPS) is 24.9. The number of pyridine rings is 1. The molecule has 17 heavy (non-hydrogen) atoms. The predicted molar refractivity (Wildman–Crippen MR) is 73.1 cm³/mol. The van der Waals surface area contributed by atoms with E-state index in [1.165, 1.54) is 37.8 Å². The second kappa shape index (κ2) is 6.04. The molecule has 0 amide bonds. The molecule has 2 rings (SSSR count). The second-order valence-electron chi connectivity index (χ2n) is 5.75. The molecule has 1 aromatic rings. The van der Waals surface area contributed by atoms with Crippen LogP contribution < -0.4 is 5.32 Å². The maximum atomic E-state index is 4.16. The first-order valence-corrected chi connectivity index (χ1v) is 6.90. The van der Waals surface area contributed by atoms with E-state index in [1.807, 2.05) is 18.5 Å². The highest BCUT2D eigenvalue weighted by Crippen LogP contribution is 2.30. The van der Waals surface area contributed by atoms with Gasteiger partial charge in [-0.2, -0.15) is 0 Å². The topological polar surface area (TPSA) is 24.9 Å². The van der Waals surface area contributed by atoms with Crippen molar-refractivity contribution < 1.29 is 0 Å². The minimum absolute atomic E-state index is 0.650. The molecular formula is C15H24N2. The largest absolute Gasteiger partial charge is 0.381 e. The van der Waals surface area contributed by atoms with Crippen molar-refractivity contribution in [1.29, 1.82) is 0 Å². The van der Waals surface area contributed by atoms with Crippen LogP contribution in [0.15, 0.2) is 24.5 Å². The SMILES string of the molecule is CC(C)CC1CCCC(Nc2cccnc2)C1. The van der Waals surface area contributed by atoms with Gasteiger partial charge in [0.2, 0.25) is 0 Å². The van der Waals surface area contributed by atoms with Crippen LogP contribution in [0.1, 0.15) is 46.0 Å². The Labute approximate surface area is 105 Å². The number of anilines is 1. The van der Waals surface area contributed by atoms with Crippen molar-refractivity contribution in [3.05, 3.63) is 24.5 Å². The molecule has 1 heterocycles. The van der Waals surface area contributed by atoms with Crippen LogP contribution in [0.4, 0.5) is 5.69 Å². The predicted octanol–water partition coefficient (Wildman–Crippen LogP) is 4.10. The molecule has 0 radical (unpaired) electrons. The van der Waals surface area contributed by atoms with E-state index in [1.54, 1.807) is 0 Å². The minimum Gasteiger partial charge on any atom is -0.381 e. The van der Waals surface area contributed by atoms with Gasteiger partial charge in [0.1, 0.15) is 0 Å². The average Bonchev–Trinajstić information content (AvgIpc) is 2.30. The Morgan fingerprint density at radius 1 is 1.41 bits per heavy atom. The van der Waals surface area contributed by atoms with Crippen molar-refractivity contribution in [2.45, 2.75) is 52.0 Å². The first kappa shape index (κ1) is 12.4. The zero-order valence-corrected chi connectivity index (χ0v) is 11.0. The molecule has 1 N–H and O–H groups in total. The number of nitrogens with one attached hydrogen (secondary N) is 1. The van der Waals surface area contributed by atoms with E-state index in [4.69, 9.17) is 0 Å². The molecule has 2 heteroatoms. The number of rotatable bonds is 4. The van der Waals surface area contributed by atoms with E-state index in [2.05, 4.69) is 30.2 Å². The maximum Gasteiger partial charge on any atom is 0.0528 e. The minimum atomic E-state index is 0.650. The Bertz CT molecular complexity index is 321. The van der Waals surface area contributed by atoms with Crippen molar-refractivity contribution in [2.24, 2.45) is 11.8 Å². The molecule has 0 bridgehead atoms. The third kappa shape index (κ3) is 4.03. The Balaban J connectivity index is 1.85. The van der Waals surface area contributed by atoms with Gasteiger partial charge in [-0.3, -0.25) is 4.98 Å². The molecule has 1 aromatic heterocycles. The first-order chi connectivity index (χ1) is 8.24. The highest BCUT2D eigenvalue weighted by molar-refractivity contribution is 5.40. The number of nitrogens with zero attached hydrogens (tertiary/aromatic N) is 1. The maximum absolute atomic E-state index is 4.16. The summed E-state index contributed by atoms with van der Waals surface area (Å²) in [7, 11) is 0. The molecule has 1 fully saturated rings. The number of hydrogen-bond donors (Lipinski definition) is 1. The van der Waals surface area contributed by atoms with E-state index >= 15 is 0 Å². The van der Waals surface area contributed by atoms with Crippen molar-refractivity contribution in [3.8, 4) is 0 Å². The Morgan fingerprint density at radius 2 is 2.29 bits per heavy atom. The summed E-state index contributed by atoms with van der Waals surface area (Å²) in [4.78, 5) is 4.16. The Morgan fingerprint density at radius 3 is 3.00 bits per heavy atom. The molecule has 2 nitrogen and oxygen atoms in total. The van der Waals surface area contributed by atoms with Crippen LogP contribution in [0.2, 0.25) is 0 Å². The van der Waals surface area contributed by atoms with Gasteiger partial charge in [-0.25, -0.2) is 0 Å². The van der Waals surface area contributed by atoms with Gasteiger partial charge >= 0.3 is 0 Å². The monoisotopic (exact) mass is 232 g/mol. The summed E-state index contributed by atoms with van der Waals surface area (Å²) in [6.45, 7) is 4.66. The van der Waals surface area contributed by atoms with E-state index in [0.29, 0.717) is 6.04 Å². The summed E-state index contributed by atoms with van der Waals surface area (Å²) >= 11 is 0. The molecule has 0 spiro atoms. The standard InChI is InChI=1S/C15H24N2/c1-12(2)9-13-5-3-6-14(10-13)17-15-7-4-8-16-11-15/h4,7-8,11-14,17H,3,5-6,9-10H2,1-2H3. The van der Waals surface area contributed by atoms with Gasteiger partial charge in [0.25, 0.3) is 0 Å². The van der Waals surface area contributed by atoms with Crippen LogP contribution in [0.5, 0.6) is 0 Å². The summed E-state index contributed by atoms with van der Waals surface area (Å²) in [6, 6.07) is 4.76. The fraction of sp³-hybridized carbons (Fsp3) is 0.667. The van der Waals surface area contributed by atoms with Crippen molar-refractivity contribution in [3.63, 3.8) is 0 Å². The number of hydrogen-bond acceptors (Lipinski definition) is 2. The third-order valence-corrected chi connectivity index (χ3v) is 3.62. The van der Waals surface area contributed by atoms with Crippen LogP contribution in [0.25, 0.3) is 0 Å². The van der Waals surface area contributed by atoms with Gasteiger partial charge in [0.15, 0.2) is 0 Å². The van der Waals surface area contributed by atoms with E-state index in [9.17, 15) is 0 Å². The molecule has 2 unspecified atom stereocenters. The molecule has 0 aromatic carbocycles. The lowest BCUT2D eigenvalue weighted by Crippen LogP contribution is -2.27. The van der Waals surface area contributed by atoms with Crippen LogP contribution in [-0.2, 0) is 0 Å². The Kier molecular flexibility index (Phi) is 4.41. The third-order valence-electron chi connectivity index (χ3n) is 3.62. The molecule has 1 aliphatic rings. The van der Waals surface area contributed by atoms with Crippen LogP contribution in [0.3, 0.4) is 0 Å². The van der Waals surface area contributed by atoms with E-state index in [0.717, 1.165) is 11.8 Å². The number of aromatic nitrogens is 1. The first-order valence-electron chi connectivity index (χ1n) is 6.90. The fourth-order valence-corrected chi connectivity index (χ4v) is 2.99. The summed E-state index contributed by atoms with van der Waals surface area (Å²) in [5.74, 6) is 1.75. The molecule has 94 valence electrons. The highest BCUT2D eigenvalue weighted by atomic mass is 14.9. The molecule has 2 atom stereocenters. The Hall–Kier alpha value is -1.05. The lowest BCUT2D eigenvalue weighted by molar-refractivity contribution is 0.289. The zero-order chi connectivity index (χ0) is 12.1. The van der Waals surface area contributed by atoms with Gasteiger partial charge in [0, 0.05) is 18.4 Å². The molecule has 0 saturated heterocycles. The van der Waals surface area contributed by atoms with Crippen LogP contribution in [0, 0.1) is 11.8 Å². The van der Waals surface area contributed by atoms with Gasteiger partial charge < -0.3 is 5.32 Å². The lowest BCUT2D eigenvalue weighted by Gasteiger charge is -2.31. The van der Waals surface area contributed by atoms with Gasteiger partial charge in [-0.15, -0.1) is 0 Å². The zero-order valence-electron chi connectivity index (χ0n) is 11.0. The molecule has 1 saturated carbocycles. The quantitative estimate of drug-likeness (QED) is 0.845. The van der Waals surface area contributed by atoms with Crippen molar-refractivity contribution in [1.82, 2.24) is 4.98 Å². The summed E-state index contributed by atoms with van der Waals surface area (Å²) in [6.07, 6.45) is 10.6. The van der Waals surface area contributed by atoms with Crippen LogP contribution in [-0.4, -0.2) is 11.0 Å².